The lowest BCUT2D eigenvalue weighted by Crippen LogP contribution is -1.91. The minimum atomic E-state index is -0.957. The van der Waals surface area contributed by atoms with E-state index >= 15 is 0 Å². The number of carbonyl (C=O) groups is 1. The summed E-state index contributed by atoms with van der Waals surface area (Å²) >= 11 is 0. The number of ether oxygens (including phenoxy) is 1. The SMILES string of the molecule is O=C(O)C=Cc1ccc(Cc2nc3ccc(Oc4ccccc4)cc3[nH]2)cc1. The first-order chi connectivity index (χ1) is 13.7. The normalized spacial score (nSPS) is 11.1. The summed E-state index contributed by atoms with van der Waals surface area (Å²) in [6.07, 6.45) is 3.36. The number of nitrogens with one attached hydrogen (secondary N) is 1. The van der Waals surface area contributed by atoms with Crippen LogP contribution in [0, 0.1) is 0 Å². The van der Waals surface area contributed by atoms with Gasteiger partial charge in [-0.05, 0) is 41.5 Å². The lowest BCUT2D eigenvalue weighted by atomic mass is 10.1. The second kappa shape index (κ2) is 7.80. The molecule has 2 N–H and O–H groups in total. The average Bonchev–Trinajstić information content (AvgIpc) is 3.10. The zero-order valence-corrected chi connectivity index (χ0v) is 15.0. The zero-order chi connectivity index (χ0) is 19.3. The second-order valence-electron chi connectivity index (χ2n) is 6.37. The van der Waals surface area contributed by atoms with E-state index in [9.17, 15) is 4.79 Å². The largest absolute Gasteiger partial charge is 0.478 e. The first-order valence-corrected chi connectivity index (χ1v) is 8.87. The van der Waals surface area contributed by atoms with Crippen molar-refractivity contribution in [3.05, 3.63) is 95.8 Å². The van der Waals surface area contributed by atoms with Gasteiger partial charge < -0.3 is 14.8 Å². The number of nitrogens with zero attached hydrogens (tertiary/aromatic N) is 1. The Morgan fingerprint density at radius 3 is 2.54 bits per heavy atom. The summed E-state index contributed by atoms with van der Waals surface area (Å²) in [5.74, 6) is 1.45. The number of aromatic nitrogens is 2. The fourth-order valence-corrected chi connectivity index (χ4v) is 2.92. The van der Waals surface area contributed by atoms with E-state index in [2.05, 4.69) is 9.97 Å². The Kier molecular flexibility index (Phi) is 4.89. The molecule has 0 atom stereocenters. The molecule has 0 saturated carbocycles. The van der Waals surface area contributed by atoms with E-state index in [0.29, 0.717) is 6.42 Å². The van der Waals surface area contributed by atoms with Gasteiger partial charge in [-0.25, -0.2) is 9.78 Å². The molecule has 0 fully saturated rings. The van der Waals surface area contributed by atoms with Crippen LogP contribution in [0.1, 0.15) is 17.0 Å². The molecule has 0 bridgehead atoms. The predicted molar refractivity (Wildman–Crippen MR) is 109 cm³/mol. The molecule has 0 aliphatic heterocycles. The number of imidazole rings is 1. The third-order valence-corrected chi connectivity index (χ3v) is 4.25. The highest BCUT2D eigenvalue weighted by Gasteiger charge is 2.06. The van der Waals surface area contributed by atoms with Gasteiger partial charge >= 0.3 is 5.97 Å². The maximum Gasteiger partial charge on any atom is 0.328 e. The number of fused-ring (bicyclic) bond motifs is 1. The minimum absolute atomic E-state index is 0.659. The number of hydrogen-bond donors (Lipinski definition) is 2. The summed E-state index contributed by atoms with van der Waals surface area (Å²) in [6.45, 7) is 0. The van der Waals surface area contributed by atoms with E-state index in [4.69, 9.17) is 9.84 Å². The number of rotatable bonds is 6. The first-order valence-electron chi connectivity index (χ1n) is 8.87. The molecule has 4 rings (SSSR count). The van der Waals surface area contributed by atoms with Gasteiger partial charge in [-0.15, -0.1) is 0 Å². The van der Waals surface area contributed by atoms with Crippen LogP contribution in [0.2, 0.25) is 0 Å². The number of para-hydroxylation sites is 1. The summed E-state index contributed by atoms with van der Waals surface area (Å²) in [4.78, 5) is 18.6. The smallest absolute Gasteiger partial charge is 0.328 e. The first kappa shape index (κ1) is 17.5. The number of carboxylic acids is 1. The van der Waals surface area contributed by atoms with Crippen LogP contribution in [-0.2, 0) is 11.2 Å². The molecule has 5 nitrogen and oxygen atoms in total. The fraction of sp³-hybridized carbons (Fsp3) is 0.0435. The van der Waals surface area contributed by atoms with Crippen LogP contribution in [-0.4, -0.2) is 21.0 Å². The van der Waals surface area contributed by atoms with Crippen LogP contribution >= 0.6 is 0 Å². The summed E-state index contributed by atoms with van der Waals surface area (Å²) in [5, 5.41) is 8.69. The Bertz CT molecular complexity index is 1130. The number of aromatic amines is 1. The van der Waals surface area contributed by atoms with Gasteiger partial charge in [0.25, 0.3) is 0 Å². The number of H-pyrrole nitrogens is 1. The summed E-state index contributed by atoms with van der Waals surface area (Å²) in [6, 6.07) is 23.2. The van der Waals surface area contributed by atoms with Gasteiger partial charge in [-0.1, -0.05) is 42.5 Å². The molecule has 1 heterocycles. The molecule has 0 unspecified atom stereocenters. The van der Waals surface area contributed by atoms with Crippen LogP contribution < -0.4 is 4.74 Å². The molecule has 0 spiro atoms. The quantitative estimate of drug-likeness (QED) is 0.466. The van der Waals surface area contributed by atoms with E-state index in [-0.39, 0.29) is 0 Å². The molecule has 0 aliphatic rings. The molecule has 28 heavy (non-hydrogen) atoms. The highest BCUT2D eigenvalue weighted by atomic mass is 16.5. The second-order valence-corrected chi connectivity index (χ2v) is 6.37. The predicted octanol–water partition coefficient (Wildman–Crippen LogP) is 5.04. The van der Waals surface area contributed by atoms with Crippen molar-refractivity contribution < 1.29 is 14.6 Å². The maximum atomic E-state index is 10.6. The van der Waals surface area contributed by atoms with Gasteiger partial charge in [0.1, 0.15) is 17.3 Å². The highest BCUT2D eigenvalue weighted by molar-refractivity contribution is 5.85. The van der Waals surface area contributed by atoms with Crippen molar-refractivity contribution in [2.75, 3.05) is 0 Å². The third-order valence-electron chi connectivity index (χ3n) is 4.25. The zero-order valence-electron chi connectivity index (χ0n) is 15.0. The van der Waals surface area contributed by atoms with Crippen molar-refractivity contribution in [1.82, 2.24) is 9.97 Å². The molecular weight excluding hydrogens is 352 g/mol. The van der Waals surface area contributed by atoms with Gasteiger partial charge in [0.05, 0.1) is 11.0 Å². The Balaban J connectivity index is 1.49. The number of carboxylic acid groups (broad SMARTS) is 1. The standard InChI is InChI=1S/C23H18N2O3/c26-23(27)13-10-16-6-8-17(9-7-16)14-22-24-20-12-11-19(15-21(20)25-22)28-18-4-2-1-3-5-18/h1-13,15H,14H2,(H,24,25)(H,26,27). The van der Waals surface area contributed by atoms with Gasteiger partial charge in [0.15, 0.2) is 0 Å². The van der Waals surface area contributed by atoms with E-state index in [1.165, 1.54) is 0 Å². The minimum Gasteiger partial charge on any atom is -0.478 e. The third kappa shape index (κ3) is 4.27. The van der Waals surface area contributed by atoms with Crippen molar-refractivity contribution in [3.8, 4) is 11.5 Å². The number of hydrogen-bond acceptors (Lipinski definition) is 3. The Labute approximate surface area is 161 Å². The van der Waals surface area contributed by atoms with Gasteiger partial charge in [-0.2, -0.15) is 0 Å². The average molecular weight is 370 g/mol. The van der Waals surface area contributed by atoms with Crippen molar-refractivity contribution in [2.45, 2.75) is 6.42 Å². The van der Waals surface area contributed by atoms with Crippen LogP contribution in [0.4, 0.5) is 0 Å². The van der Waals surface area contributed by atoms with E-state index in [1.54, 1.807) is 6.08 Å². The molecule has 3 aromatic carbocycles. The van der Waals surface area contributed by atoms with Crippen LogP contribution in [0.25, 0.3) is 17.1 Å². The Hall–Kier alpha value is -3.86. The number of aliphatic carboxylic acids is 1. The fourth-order valence-electron chi connectivity index (χ4n) is 2.92. The topological polar surface area (TPSA) is 75.2 Å². The van der Waals surface area contributed by atoms with E-state index < -0.39 is 5.97 Å². The molecule has 138 valence electrons. The molecule has 1 aromatic heterocycles. The van der Waals surface area contributed by atoms with Gasteiger partial charge in [0.2, 0.25) is 0 Å². The molecule has 0 saturated heterocycles. The van der Waals surface area contributed by atoms with Crippen LogP contribution in [0.3, 0.4) is 0 Å². The summed E-state index contributed by atoms with van der Waals surface area (Å²) < 4.78 is 5.87. The maximum absolute atomic E-state index is 10.6. The summed E-state index contributed by atoms with van der Waals surface area (Å²) in [5.41, 5.74) is 3.74. The monoisotopic (exact) mass is 370 g/mol. The van der Waals surface area contributed by atoms with Gasteiger partial charge in [-0.3, -0.25) is 0 Å². The van der Waals surface area contributed by atoms with E-state index in [1.807, 2.05) is 72.8 Å². The van der Waals surface area contributed by atoms with Crippen molar-refractivity contribution in [2.24, 2.45) is 0 Å². The highest BCUT2D eigenvalue weighted by Crippen LogP contribution is 2.25. The lowest BCUT2D eigenvalue weighted by Gasteiger charge is -2.04. The number of benzene rings is 3. The summed E-state index contributed by atoms with van der Waals surface area (Å²) in [7, 11) is 0. The molecule has 0 aliphatic carbocycles. The van der Waals surface area contributed by atoms with Crippen molar-refractivity contribution in [1.29, 1.82) is 0 Å². The Morgan fingerprint density at radius 1 is 1.00 bits per heavy atom. The molecule has 5 heteroatoms. The molecule has 0 amide bonds. The van der Waals surface area contributed by atoms with E-state index in [0.717, 1.165) is 45.6 Å². The molecule has 4 aromatic rings. The molecule has 0 radical (unpaired) electrons. The van der Waals surface area contributed by atoms with Crippen molar-refractivity contribution >= 4 is 23.1 Å². The van der Waals surface area contributed by atoms with Crippen molar-refractivity contribution in [3.63, 3.8) is 0 Å². The lowest BCUT2D eigenvalue weighted by molar-refractivity contribution is -0.131. The Morgan fingerprint density at radius 2 is 1.79 bits per heavy atom. The molecular formula is C23H18N2O3. The van der Waals surface area contributed by atoms with Gasteiger partial charge in [0, 0.05) is 18.6 Å². The van der Waals surface area contributed by atoms with Crippen LogP contribution in [0.15, 0.2) is 78.9 Å². The van der Waals surface area contributed by atoms with Crippen LogP contribution in [0.5, 0.6) is 11.5 Å².